The predicted molar refractivity (Wildman–Crippen MR) is 98.2 cm³/mol. The highest BCUT2D eigenvalue weighted by Gasteiger charge is 2.42. The number of likely N-dealkylation sites (tertiary alicyclic amines) is 1. The number of piperidine rings is 1. The third-order valence-corrected chi connectivity index (χ3v) is 5.54. The van der Waals surface area contributed by atoms with Crippen molar-refractivity contribution in [3.63, 3.8) is 0 Å². The summed E-state index contributed by atoms with van der Waals surface area (Å²) in [6.07, 6.45) is 2.11. The van der Waals surface area contributed by atoms with Gasteiger partial charge >= 0.3 is 5.97 Å². The first-order chi connectivity index (χ1) is 12.9. The van der Waals surface area contributed by atoms with Crippen LogP contribution >= 0.6 is 0 Å². The molecule has 2 aliphatic rings. The van der Waals surface area contributed by atoms with Crippen LogP contribution in [0.15, 0.2) is 30.3 Å². The molecule has 7 nitrogen and oxygen atoms in total. The van der Waals surface area contributed by atoms with Crippen molar-refractivity contribution in [1.82, 2.24) is 9.80 Å². The number of carboxylic acids is 1. The van der Waals surface area contributed by atoms with E-state index in [-0.39, 0.29) is 30.9 Å². The molecule has 0 aliphatic carbocycles. The zero-order valence-electron chi connectivity index (χ0n) is 15.6. The van der Waals surface area contributed by atoms with Crippen molar-refractivity contribution >= 4 is 17.8 Å². The molecule has 1 aromatic rings. The molecule has 1 unspecified atom stereocenters. The zero-order valence-corrected chi connectivity index (χ0v) is 15.6. The summed E-state index contributed by atoms with van der Waals surface area (Å²) in [4.78, 5) is 39.3. The molecule has 0 radical (unpaired) electrons. The Morgan fingerprint density at radius 1 is 1.22 bits per heavy atom. The Hall–Kier alpha value is -2.41. The molecule has 2 amide bonds. The molecule has 3 rings (SSSR count). The Kier molecular flexibility index (Phi) is 5.79. The Morgan fingerprint density at radius 2 is 1.96 bits per heavy atom. The first kappa shape index (κ1) is 19.4. The van der Waals surface area contributed by atoms with Gasteiger partial charge in [0.05, 0.1) is 11.5 Å². The van der Waals surface area contributed by atoms with Crippen molar-refractivity contribution < 1.29 is 24.2 Å². The number of carboxylic acid groups (broad SMARTS) is 1. The van der Waals surface area contributed by atoms with Crippen LogP contribution in [0.2, 0.25) is 0 Å². The standard InChI is InChI=1S/C20H26N2O5/c1-15(16-6-3-2-4-7-16)19(26)22-10-5-8-20(14-22)9-11-21(12-18(24)25)17(23)13-27-20/h2-4,6-7,15H,5,8-14H2,1H3,(H,24,25)/t15?,20-/m1/s1. The number of rotatable bonds is 4. The molecule has 146 valence electrons. The SMILES string of the molecule is CC(C(=O)N1CCC[C@@]2(CCN(CC(=O)O)C(=O)CO2)C1)c1ccccc1. The molecule has 1 N–H and O–H groups in total. The highest BCUT2D eigenvalue weighted by molar-refractivity contribution is 5.84. The lowest BCUT2D eigenvalue weighted by Crippen LogP contribution is -2.53. The van der Waals surface area contributed by atoms with Gasteiger partial charge in [-0.2, -0.15) is 0 Å². The second-order valence-corrected chi connectivity index (χ2v) is 7.43. The van der Waals surface area contributed by atoms with Crippen LogP contribution in [0.5, 0.6) is 0 Å². The van der Waals surface area contributed by atoms with Gasteiger partial charge in [0.15, 0.2) is 0 Å². The molecule has 27 heavy (non-hydrogen) atoms. The molecule has 1 spiro atoms. The number of carbonyl (C=O) groups excluding carboxylic acids is 2. The van der Waals surface area contributed by atoms with E-state index in [0.29, 0.717) is 26.1 Å². The highest BCUT2D eigenvalue weighted by atomic mass is 16.5. The molecule has 0 saturated carbocycles. The maximum Gasteiger partial charge on any atom is 0.323 e. The maximum absolute atomic E-state index is 13.0. The highest BCUT2D eigenvalue weighted by Crippen LogP contribution is 2.32. The summed E-state index contributed by atoms with van der Waals surface area (Å²) in [7, 11) is 0. The van der Waals surface area contributed by atoms with Crippen LogP contribution in [0.3, 0.4) is 0 Å². The van der Waals surface area contributed by atoms with E-state index in [4.69, 9.17) is 9.84 Å². The van der Waals surface area contributed by atoms with Crippen LogP contribution in [-0.2, 0) is 19.1 Å². The predicted octanol–water partition coefficient (Wildman–Crippen LogP) is 1.48. The van der Waals surface area contributed by atoms with Crippen LogP contribution in [-0.4, -0.2) is 71.1 Å². The number of hydrogen-bond donors (Lipinski definition) is 1. The third kappa shape index (κ3) is 4.47. The van der Waals surface area contributed by atoms with Gasteiger partial charge in [-0.1, -0.05) is 30.3 Å². The third-order valence-electron chi connectivity index (χ3n) is 5.54. The average Bonchev–Trinajstić information content (AvgIpc) is 2.82. The Balaban J connectivity index is 1.69. The van der Waals surface area contributed by atoms with E-state index in [9.17, 15) is 14.4 Å². The molecule has 0 bridgehead atoms. The minimum Gasteiger partial charge on any atom is -0.480 e. The number of benzene rings is 1. The zero-order chi connectivity index (χ0) is 19.4. The van der Waals surface area contributed by atoms with E-state index in [1.54, 1.807) is 0 Å². The second-order valence-electron chi connectivity index (χ2n) is 7.43. The molecule has 0 aromatic heterocycles. The first-order valence-electron chi connectivity index (χ1n) is 9.37. The summed E-state index contributed by atoms with van der Waals surface area (Å²) in [5.41, 5.74) is 0.402. The van der Waals surface area contributed by atoms with Gasteiger partial charge in [-0.3, -0.25) is 14.4 Å². The van der Waals surface area contributed by atoms with Crippen LogP contribution in [0, 0.1) is 0 Å². The van der Waals surface area contributed by atoms with E-state index in [1.807, 2.05) is 42.2 Å². The molecular weight excluding hydrogens is 348 g/mol. The molecule has 2 saturated heterocycles. The molecule has 2 fully saturated rings. The summed E-state index contributed by atoms with van der Waals surface area (Å²) < 4.78 is 5.94. The summed E-state index contributed by atoms with van der Waals surface area (Å²) in [6.45, 7) is 2.91. The van der Waals surface area contributed by atoms with Crippen molar-refractivity contribution in [3.05, 3.63) is 35.9 Å². The maximum atomic E-state index is 13.0. The van der Waals surface area contributed by atoms with E-state index in [1.165, 1.54) is 4.90 Å². The lowest BCUT2D eigenvalue weighted by molar-refractivity contribution is -0.150. The second kappa shape index (κ2) is 8.08. The van der Waals surface area contributed by atoms with Gasteiger partial charge in [0.2, 0.25) is 11.8 Å². The molecule has 2 heterocycles. The fourth-order valence-corrected chi connectivity index (χ4v) is 3.94. The topological polar surface area (TPSA) is 87.2 Å². The van der Waals surface area contributed by atoms with Crippen LogP contribution in [0.25, 0.3) is 0 Å². The van der Waals surface area contributed by atoms with Crippen LogP contribution in [0.1, 0.15) is 37.7 Å². The van der Waals surface area contributed by atoms with Crippen molar-refractivity contribution in [2.24, 2.45) is 0 Å². The monoisotopic (exact) mass is 374 g/mol. The number of nitrogens with zero attached hydrogens (tertiary/aromatic N) is 2. The smallest absolute Gasteiger partial charge is 0.323 e. The Bertz CT molecular complexity index is 708. The van der Waals surface area contributed by atoms with Crippen molar-refractivity contribution in [3.8, 4) is 0 Å². The molecular formula is C20H26N2O5. The fraction of sp³-hybridized carbons (Fsp3) is 0.550. The summed E-state index contributed by atoms with van der Waals surface area (Å²) >= 11 is 0. The number of hydrogen-bond acceptors (Lipinski definition) is 4. The number of amides is 2. The normalized spacial score (nSPS) is 24.6. The van der Waals surface area contributed by atoms with Crippen molar-refractivity contribution in [2.75, 3.05) is 32.8 Å². The van der Waals surface area contributed by atoms with Crippen LogP contribution in [0.4, 0.5) is 0 Å². The number of carbonyl (C=O) groups is 3. The summed E-state index contributed by atoms with van der Waals surface area (Å²) in [5.74, 6) is -1.52. The number of ether oxygens (including phenoxy) is 1. The summed E-state index contributed by atoms with van der Waals surface area (Å²) in [5, 5.41) is 8.97. The molecule has 2 atom stereocenters. The lowest BCUT2D eigenvalue weighted by atomic mass is 9.88. The van der Waals surface area contributed by atoms with E-state index in [0.717, 1.165) is 18.4 Å². The van der Waals surface area contributed by atoms with Gasteiger partial charge in [-0.15, -0.1) is 0 Å². The van der Waals surface area contributed by atoms with Crippen molar-refractivity contribution in [1.29, 1.82) is 0 Å². The number of aliphatic carboxylic acids is 1. The molecule has 2 aliphatic heterocycles. The van der Waals surface area contributed by atoms with Gasteiger partial charge in [0.1, 0.15) is 13.2 Å². The van der Waals surface area contributed by atoms with Gasteiger partial charge in [-0.25, -0.2) is 0 Å². The Labute approximate surface area is 158 Å². The van der Waals surface area contributed by atoms with E-state index in [2.05, 4.69) is 0 Å². The van der Waals surface area contributed by atoms with Gasteiger partial charge in [0, 0.05) is 19.6 Å². The van der Waals surface area contributed by atoms with Crippen molar-refractivity contribution in [2.45, 2.75) is 37.7 Å². The average molecular weight is 374 g/mol. The summed E-state index contributed by atoms with van der Waals surface area (Å²) in [6, 6.07) is 9.68. The molecule has 1 aromatic carbocycles. The van der Waals surface area contributed by atoms with E-state index < -0.39 is 11.6 Å². The lowest BCUT2D eigenvalue weighted by Gasteiger charge is -2.42. The van der Waals surface area contributed by atoms with Gasteiger partial charge < -0.3 is 19.6 Å². The Morgan fingerprint density at radius 3 is 2.67 bits per heavy atom. The van der Waals surface area contributed by atoms with Crippen LogP contribution < -0.4 is 0 Å². The van der Waals surface area contributed by atoms with E-state index >= 15 is 0 Å². The van der Waals surface area contributed by atoms with Gasteiger partial charge in [0.25, 0.3) is 0 Å². The minimum atomic E-state index is -1.03. The van der Waals surface area contributed by atoms with Gasteiger partial charge in [-0.05, 0) is 31.7 Å². The largest absolute Gasteiger partial charge is 0.480 e. The molecule has 7 heteroatoms. The quantitative estimate of drug-likeness (QED) is 0.863. The first-order valence-corrected chi connectivity index (χ1v) is 9.37. The minimum absolute atomic E-state index is 0.0573. The fourth-order valence-electron chi connectivity index (χ4n) is 3.94.